The van der Waals surface area contributed by atoms with E-state index < -0.39 is 0 Å². The van der Waals surface area contributed by atoms with E-state index in [0.29, 0.717) is 5.41 Å². The summed E-state index contributed by atoms with van der Waals surface area (Å²) < 4.78 is 1.14. The average Bonchev–Trinajstić information content (AvgIpc) is 2.58. The Kier molecular flexibility index (Phi) is 4.02. The van der Waals surface area contributed by atoms with Gasteiger partial charge < -0.3 is 10.6 Å². The van der Waals surface area contributed by atoms with E-state index in [2.05, 4.69) is 59.8 Å². The second-order valence-electron chi connectivity index (χ2n) is 6.29. The van der Waals surface area contributed by atoms with Crippen LogP contribution in [0.15, 0.2) is 22.7 Å². The fraction of sp³-hybridized carbons (Fsp3) is 0.600. The molecule has 0 saturated carbocycles. The van der Waals surface area contributed by atoms with Crippen LogP contribution in [0.25, 0.3) is 0 Å². The number of benzene rings is 1. The van der Waals surface area contributed by atoms with Crippen LogP contribution in [0, 0.1) is 5.41 Å². The lowest BCUT2D eigenvalue weighted by Crippen LogP contribution is -2.25. The molecule has 1 aliphatic heterocycles. The Labute approximate surface area is 119 Å². The summed E-state index contributed by atoms with van der Waals surface area (Å²) >= 11 is 3.56. The van der Waals surface area contributed by atoms with Crippen LogP contribution in [0.1, 0.15) is 32.8 Å². The molecular weight excluding hydrogens is 288 g/mol. The van der Waals surface area contributed by atoms with E-state index in [0.717, 1.165) is 24.0 Å². The molecule has 0 spiro atoms. The van der Waals surface area contributed by atoms with Crippen LogP contribution in [0.3, 0.4) is 0 Å². The summed E-state index contributed by atoms with van der Waals surface area (Å²) in [6.07, 6.45) is 2.20. The van der Waals surface area contributed by atoms with Crippen LogP contribution in [0.5, 0.6) is 0 Å². The normalized spacial score (nSPS) is 20.2. The zero-order valence-electron chi connectivity index (χ0n) is 11.5. The molecule has 3 heteroatoms. The van der Waals surface area contributed by atoms with Crippen molar-refractivity contribution in [3.63, 3.8) is 0 Å². The number of nitrogens with two attached hydrogens (primary N) is 1. The molecule has 100 valence electrons. The maximum absolute atomic E-state index is 5.96. The second-order valence-corrected chi connectivity index (χ2v) is 7.21. The van der Waals surface area contributed by atoms with Gasteiger partial charge in [-0.15, -0.1) is 0 Å². The van der Waals surface area contributed by atoms with Crippen molar-refractivity contribution in [2.75, 3.05) is 18.0 Å². The van der Waals surface area contributed by atoms with Gasteiger partial charge in [0.25, 0.3) is 0 Å². The zero-order chi connectivity index (χ0) is 13.3. The molecule has 1 atom stereocenters. The van der Waals surface area contributed by atoms with Crippen LogP contribution in [0.4, 0.5) is 5.69 Å². The molecule has 0 bridgehead atoms. The summed E-state index contributed by atoms with van der Waals surface area (Å²) in [7, 11) is 0. The lowest BCUT2D eigenvalue weighted by Gasteiger charge is -2.25. The largest absolute Gasteiger partial charge is 0.371 e. The molecule has 18 heavy (non-hydrogen) atoms. The lowest BCUT2D eigenvalue weighted by atomic mass is 9.93. The molecule has 1 aliphatic rings. The van der Waals surface area contributed by atoms with Crippen LogP contribution >= 0.6 is 15.9 Å². The van der Waals surface area contributed by atoms with Gasteiger partial charge in [-0.1, -0.05) is 29.8 Å². The fourth-order valence-corrected chi connectivity index (χ4v) is 3.10. The monoisotopic (exact) mass is 310 g/mol. The molecule has 2 N–H and O–H groups in total. The smallest absolute Gasteiger partial charge is 0.0400 e. The van der Waals surface area contributed by atoms with Crippen LogP contribution in [-0.4, -0.2) is 19.1 Å². The minimum absolute atomic E-state index is 0.202. The predicted octanol–water partition coefficient (Wildman–Crippen LogP) is 3.58. The van der Waals surface area contributed by atoms with E-state index in [1.54, 1.807) is 0 Å². The van der Waals surface area contributed by atoms with E-state index in [-0.39, 0.29) is 6.04 Å². The molecule has 1 aromatic rings. The van der Waals surface area contributed by atoms with Crippen molar-refractivity contribution in [3.8, 4) is 0 Å². The third kappa shape index (κ3) is 3.27. The Bertz CT molecular complexity index is 427. The van der Waals surface area contributed by atoms with E-state index >= 15 is 0 Å². The molecule has 1 aromatic carbocycles. The summed E-state index contributed by atoms with van der Waals surface area (Å²) in [5, 5.41) is 0. The van der Waals surface area contributed by atoms with Gasteiger partial charge in [-0.25, -0.2) is 0 Å². The first-order valence-corrected chi connectivity index (χ1v) is 7.46. The maximum Gasteiger partial charge on any atom is 0.0400 e. The number of nitrogens with zero attached hydrogens (tertiary/aromatic N) is 1. The Balaban J connectivity index is 2.27. The third-order valence-electron chi connectivity index (χ3n) is 3.60. The van der Waals surface area contributed by atoms with Crippen molar-refractivity contribution < 1.29 is 0 Å². The second kappa shape index (κ2) is 5.22. The molecule has 1 saturated heterocycles. The van der Waals surface area contributed by atoms with E-state index in [1.807, 2.05) is 0 Å². The molecule has 0 aliphatic carbocycles. The Hall–Kier alpha value is -0.540. The first-order valence-electron chi connectivity index (χ1n) is 6.66. The van der Waals surface area contributed by atoms with Gasteiger partial charge >= 0.3 is 0 Å². The Morgan fingerprint density at radius 2 is 2.17 bits per heavy atom. The van der Waals surface area contributed by atoms with E-state index in [4.69, 9.17) is 5.73 Å². The minimum Gasteiger partial charge on any atom is -0.371 e. The molecule has 0 radical (unpaired) electrons. The summed E-state index contributed by atoms with van der Waals surface area (Å²) in [5.41, 5.74) is 9.11. The first kappa shape index (κ1) is 13.9. The number of hydrogen-bond donors (Lipinski definition) is 1. The zero-order valence-corrected chi connectivity index (χ0v) is 13.1. The highest BCUT2D eigenvalue weighted by Gasteiger charge is 2.30. The maximum atomic E-state index is 5.96. The fourth-order valence-electron chi connectivity index (χ4n) is 2.69. The van der Waals surface area contributed by atoms with Gasteiger partial charge in [0.15, 0.2) is 0 Å². The summed E-state index contributed by atoms with van der Waals surface area (Å²) in [6, 6.07) is 6.77. The van der Waals surface area contributed by atoms with Crippen molar-refractivity contribution in [1.82, 2.24) is 0 Å². The van der Waals surface area contributed by atoms with Gasteiger partial charge in [0, 0.05) is 29.3 Å². The van der Waals surface area contributed by atoms with Crippen molar-refractivity contribution in [1.29, 1.82) is 0 Å². The van der Waals surface area contributed by atoms with Gasteiger partial charge in [0.1, 0.15) is 0 Å². The third-order valence-corrected chi connectivity index (χ3v) is 4.09. The highest BCUT2D eigenvalue weighted by atomic mass is 79.9. The topological polar surface area (TPSA) is 29.3 Å². The van der Waals surface area contributed by atoms with Gasteiger partial charge in [-0.3, -0.25) is 0 Å². The molecule has 2 rings (SSSR count). The van der Waals surface area contributed by atoms with Crippen LogP contribution < -0.4 is 10.6 Å². The van der Waals surface area contributed by atoms with Crippen molar-refractivity contribution in [2.24, 2.45) is 11.1 Å². The highest BCUT2D eigenvalue weighted by Crippen LogP contribution is 2.35. The van der Waals surface area contributed by atoms with Crippen molar-refractivity contribution >= 4 is 21.6 Å². The average molecular weight is 311 g/mol. The minimum atomic E-state index is 0.202. The molecule has 0 aromatic heterocycles. The molecule has 1 unspecified atom stereocenters. The van der Waals surface area contributed by atoms with Gasteiger partial charge in [0.05, 0.1) is 0 Å². The summed E-state index contributed by atoms with van der Waals surface area (Å²) in [4.78, 5) is 2.50. The van der Waals surface area contributed by atoms with Gasteiger partial charge in [-0.2, -0.15) is 0 Å². The molecule has 0 amide bonds. The lowest BCUT2D eigenvalue weighted by molar-refractivity contribution is 0.418. The summed E-state index contributed by atoms with van der Waals surface area (Å²) in [5.74, 6) is 0. The van der Waals surface area contributed by atoms with Crippen molar-refractivity contribution in [3.05, 3.63) is 28.2 Å². The van der Waals surface area contributed by atoms with Crippen molar-refractivity contribution in [2.45, 2.75) is 39.7 Å². The first-order chi connectivity index (χ1) is 8.37. The van der Waals surface area contributed by atoms with Crippen LogP contribution in [0.2, 0.25) is 0 Å². The van der Waals surface area contributed by atoms with E-state index in [1.165, 1.54) is 17.7 Å². The van der Waals surface area contributed by atoms with E-state index in [9.17, 15) is 0 Å². The van der Waals surface area contributed by atoms with Gasteiger partial charge in [-0.05, 0) is 48.9 Å². The summed E-state index contributed by atoms with van der Waals surface area (Å²) in [6.45, 7) is 9.05. The number of hydrogen-bond acceptors (Lipinski definition) is 2. The molecule has 1 heterocycles. The van der Waals surface area contributed by atoms with Crippen LogP contribution in [-0.2, 0) is 6.42 Å². The predicted molar refractivity (Wildman–Crippen MR) is 82.1 cm³/mol. The standard InChI is InChI=1S/C15H23BrN2/c1-11(17)8-12-9-13(16)4-5-14(12)18-7-6-15(2,3)10-18/h4-5,9,11H,6-8,10,17H2,1-3H3. The molecule has 2 nitrogen and oxygen atoms in total. The number of anilines is 1. The number of halogens is 1. The Morgan fingerprint density at radius 3 is 2.72 bits per heavy atom. The number of rotatable bonds is 3. The quantitative estimate of drug-likeness (QED) is 0.924. The van der Waals surface area contributed by atoms with Gasteiger partial charge in [0.2, 0.25) is 0 Å². The Morgan fingerprint density at radius 1 is 1.44 bits per heavy atom. The molecular formula is C15H23BrN2. The SMILES string of the molecule is CC(N)Cc1cc(Br)ccc1N1CCC(C)(C)C1. The molecule has 1 fully saturated rings. The highest BCUT2D eigenvalue weighted by molar-refractivity contribution is 9.10.